The van der Waals surface area contributed by atoms with Gasteiger partial charge in [-0.15, -0.1) is 0 Å². The third kappa shape index (κ3) is 2.32. The molecule has 3 rings (SSSR count). The van der Waals surface area contributed by atoms with E-state index in [-0.39, 0.29) is 5.41 Å². The van der Waals surface area contributed by atoms with Crippen LogP contribution < -0.4 is 15.4 Å². The molecule has 0 spiro atoms. The number of hydrogen-bond acceptors (Lipinski definition) is 3. The number of piperidine rings is 1. The Morgan fingerprint density at radius 3 is 2.53 bits per heavy atom. The minimum absolute atomic E-state index is 0.224. The predicted molar refractivity (Wildman–Crippen MR) is 79.0 cm³/mol. The lowest BCUT2D eigenvalue weighted by Crippen LogP contribution is -2.32. The largest absolute Gasteiger partial charge is 0.497 e. The quantitative estimate of drug-likeness (QED) is 0.904. The van der Waals surface area contributed by atoms with Crippen molar-refractivity contribution in [3.63, 3.8) is 0 Å². The lowest BCUT2D eigenvalue weighted by atomic mass is 9.92. The molecule has 1 aromatic carbocycles. The smallest absolute Gasteiger partial charge is 0.119 e. The summed E-state index contributed by atoms with van der Waals surface area (Å²) < 4.78 is 5.41. The normalized spacial score (nSPS) is 21.3. The van der Waals surface area contributed by atoms with Crippen LogP contribution in [0.15, 0.2) is 18.2 Å². The highest BCUT2D eigenvalue weighted by atomic mass is 16.5. The van der Waals surface area contributed by atoms with E-state index in [4.69, 9.17) is 10.5 Å². The second kappa shape index (κ2) is 5.04. The molecule has 1 aromatic rings. The van der Waals surface area contributed by atoms with E-state index in [0.717, 1.165) is 12.3 Å². The number of benzene rings is 1. The number of hydrogen-bond donors (Lipinski definition) is 1. The molecule has 0 unspecified atom stereocenters. The van der Waals surface area contributed by atoms with Crippen molar-refractivity contribution in [3.8, 4) is 5.75 Å². The Bertz CT molecular complexity index is 448. The molecule has 0 atom stereocenters. The molecule has 1 saturated carbocycles. The minimum atomic E-state index is 0.224. The van der Waals surface area contributed by atoms with Crippen LogP contribution >= 0.6 is 0 Å². The van der Waals surface area contributed by atoms with Crippen LogP contribution in [-0.4, -0.2) is 26.7 Å². The summed E-state index contributed by atoms with van der Waals surface area (Å²) in [6.45, 7) is 3.11. The van der Waals surface area contributed by atoms with Gasteiger partial charge in [-0.1, -0.05) is 0 Å². The van der Waals surface area contributed by atoms with Crippen LogP contribution in [0.25, 0.3) is 0 Å². The fourth-order valence-corrected chi connectivity index (χ4v) is 3.21. The molecular formula is C16H24N2O. The van der Waals surface area contributed by atoms with Gasteiger partial charge in [0.15, 0.2) is 0 Å². The van der Waals surface area contributed by atoms with Crippen LogP contribution in [0.2, 0.25) is 0 Å². The fourth-order valence-electron chi connectivity index (χ4n) is 3.21. The molecule has 1 saturated heterocycles. The molecule has 3 nitrogen and oxygen atoms in total. The number of methoxy groups -OCH3 is 1. The van der Waals surface area contributed by atoms with Crippen LogP contribution in [0.1, 0.15) is 37.7 Å². The maximum Gasteiger partial charge on any atom is 0.119 e. The Labute approximate surface area is 115 Å². The third-order valence-corrected chi connectivity index (χ3v) is 4.72. The molecule has 104 valence electrons. The number of anilines is 1. The Morgan fingerprint density at radius 2 is 1.95 bits per heavy atom. The summed E-state index contributed by atoms with van der Waals surface area (Å²) in [5.41, 5.74) is 9.06. The summed E-state index contributed by atoms with van der Waals surface area (Å²) in [7, 11) is 1.74. The zero-order chi connectivity index (χ0) is 13.3. The van der Waals surface area contributed by atoms with Gasteiger partial charge in [0, 0.05) is 30.7 Å². The standard InChI is InChI=1S/C16H24N2O/c1-19-13-5-6-15(18-9-3-2-4-10-18)14(11-13)16(12-17)7-8-16/h5-6,11H,2-4,7-10,12,17H2,1H3. The van der Waals surface area contributed by atoms with Gasteiger partial charge in [0.1, 0.15) is 5.75 Å². The molecule has 0 bridgehead atoms. The SMILES string of the molecule is COc1ccc(N2CCCCC2)c(C2(CN)CC2)c1. The first kappa shape index (κ1) is 12.8. The van der Waals surface area contributed by atoms with Gasteiger partial charge >= 0.3 is 0 Å². The van der Waals surface area contributed by atoms with Crippen molar-refractivity contribution in [2.24, 2.45) is 5.73 Å². The molecule has 2 fully saturated rings. The lowest BCUT2D eigenvalue weighted by Gasteiger charge is -2.32. The molecule has 0 aromatic heterocycles. The van der Waals surface area contributed by atoms with Crippen LogP contribution in [0, 0.1) is 0 Å². The monoisotopic (exact) mass is 260 g/mol. The Kier molecular flexibility index (Phi) is 3.40. The van der Waals surface area contributed by atoms with Crippen molar-refractivity contribution in [1.82, 2.24) is 0 Å². The second-order valence-corrected chi connectivity index (χ2v) is 5.92. The van der Waals surface area contributed by atoms with Gasteiger partial charge in [-0.2, -0.15) is 0 Å². The molecule has 0 amide bonds. The number of nitrogens with two attached hydrogens (primary N) is 1. The van der Waals surface area contributed by atoms with Crippen LogP contribution in [0.4, 0.5) is 5.69 Å². The summed E-state index contributed by atoms with van der Waals surface area (Å²) in [5, 5.41) is 0. The van der Waals surface area contributed by atoms with Crippen LogP contribution in [0.5, 0.6) is 5.75 Å². The molecule has 0 radical (unpaired) electrons. The summed E-state index contributed by atoms with van der Waals surface area (Å²) in [6, 6.07) is 6.53. The molecule has 1 aliphatic carbocycles. The van der Waals surface area contributed by atoms with Crippen LogP contribution in [0.3, 0.4) is 0 Å². The highest BCUT2D eigenvalue weighted by molar-refractivity contribution is 5.61. The van der Waals surface area contributed by atoms with Gasteiger partial charge in [-0.05, 0) is 55.9 Å². The topological polar surface area (TPSA) is 38.5 Å². The number of ether oxygens (including phenoxy) is 1. The van der Waals surface area contributed by atoms with Crippen molar-refractivity contribution in [2.45, 2.75) is 37.5 Å². The maximum atomic E-state index is 6.03. The van der Waals surface area contributed by atoms with Crippen molar-refractivity contribution in [1.29, 1.82) is 0 Å². The predicted octanol–water partition coefficient (Wildman–Crippen LogP) is 2.68. The van der Waals surface area contributed by atoms with Crippen molar-refractivity contribution in [2.75, 3.05) is 31.6 Å². The van der Waals surface area contributed by atoms with Gasteiger partial charge < -0.3 is 15.4 Å². The summed E-state index contributed by atoms with van der Waals surface area (Å²) in [5.74, 6) is 0.954. The van der Waals surface area contributed by atoms with Crippen molar-refractivity contribution >= 4 is 5.69 Å². The van der Waals surface area contributed by atoms with E-state index in [2.05, 4.69) is 23.1 Å². The molecule has 3 heteroatoms. The van der Waals surface area contributed by atoms with E-state index >= 15 is 0 Å². The molecule has 1 aliphatic heterocycles. The number of rotatable bonds is 4. The van der Waals surface area contributed by atoms with Crippen LogP contribution in [-0.2, 0) is 5.41 Å². The zero-order valence-corrected chi connectivity index (χ0v) is 11.8. The van der Waals surface area contributed by atoms with E-state index in [0.29, 0.717) is 0 Å². The molecule has 2 N–H and O–H groups in total. The first-order chi connectivity index (χ1) is 9.29. The van der Waals surface area contributed by atoms with E-state index < -0.39 is 0 Å². The minimum Gasteiger partial charge on any atom is -0.497 e. The molecule has 2 aliphatic rings. The molecule has 1 heterocycles. The van der Waals surface area contributed by atoms with Crippen molar-refractivity contribution in [3.05, 3.63) is 23.8 Å². The van der Waals surface area contributed by atoms with E-state index in [9.17, 15) is 0 Å². The summed E-state index contributed by atoms with van der Waals surface area (Å²) >= 11 is 0. The average Bonchev–Trinajstić information content (AvgIpc) is 3.28. The fraction of sp³-hybridized carbons (Fsp3) is 0.625. The Morgan fingerprint density at radius 1 is 1.21 bits per heavy atom. The maximum absolute atomic E-state index is 6.03. The first-order valence-corrected chi connectivity index (χ1v) is 7.43. The molecular weight excluding hydrogens is 236 g/mol. The second-order valence-electron chi connectivity index (χ2n) is 5.92. The highest BCUT2D eigenvalue weighted by Crippen LogP contribution is 2.51. The Balaban J connectivity index is 1.98. The van der Waals surface area contributed by atoms with Gasteiger partial charge in [-0.3, -0.25) is 0 Å². The lowest BCUT2D eigenvalue weighted by molar-refractivity contribution is 0.413. The summed E-state index contributed by atoms with van der Waals surface area (Å²) in [6.07, 6.45) is 6.42. The summed E-state index contributed by atoms with van der Waals surface area (Å²) in [4.78, 5) is 2.54. The highest BCUT2D eigenvalue weighted by Gasteiger charge is 2.45. The Hall–Kier alpha value is -1.22. The van der Waals surface area contributed by atoms with E-state index in [1.807, 2.05) is 0 Å². The third-order valence-electron chi connectivity index (χ3n) is 4.72. The van der Waals surface area contributed by atoms with Crippen molar-refractivity contribution < 1.29 is 4.74 Å². The van der Waals surface area contributed by atoms with E-state index in [1.54, 1.807) is 7.11 Å². The van der Waals surface area contributed by atoms with Gasteiger partial charge in [-0.25, -0.2) is 0 Å². The van der Waals surface area contributed by atoms with Gasteiger partial charge in [0.2, 0.25) is 0 Å². The zero-order valence-electron chi connectivity index (χ0n) is 11.8. The van der Waals surface area contributed by atoms with Gasteiger partial charge in [0.25, 0.3) is 0 Å². The first-order valence-electron chi connectivity index (χ1n) is 7.43. The number of nitrogens with zero attached hydrogens (tertiary/aromatic N) is 1. The molecule has 19 heavy (non-hydrogen) atoms. The average molecular weight is 260 g/mol. The van der Waals surface area contributed by atoms with Gasteiger partial charge in [0.05, 0.1) is 7.11 Å². The van der Waals surface area contributed by atoms with E-state index in [1.165, 1.54) is 56.4 Å².